The topological polar surface area (TPSA) is 109 Å². The van der Waals surface area contributed by atoms with Crippen LogP contribution in [-0.2, 0) is 29.5 Å². The van der Waals surface area contributed by atoms with Gasteiger partial charge in [0.1, 0.15) is 18.0 Å². The van der Waals surface area contributed by atoms with Gasteiger partial charge in [-0.2, -0.15) is 14.6 Å². The summed E-state index contributed by atoms with van der Waals surface area (Å²) in [5, 5.41) is 7.40. The van der Waals surface area contributed by atoms with Gasteiger partial charge in [-0.05, 0) is 12.5 Å². The van der Waals surface area contributed by atoms with E-state index in [0.29, 0.717) is 23.8 Å². The zero-order valence-corrected chi connectivity index (χ0v) is 17.5. The van der Waals surface area contributed by atoms with Crippen molar-refractivity contribution < 1.29 is 22.9 Å². The number of hydrogen-bond donors (Lipinski definition) is 1. The molecule has 0 saturated carbocycles. The molecule has 30 heavy (non-hydrogen) atoms. The minimum atomic E-state index is -3.66. The Morgan fingerprint density at radius 3 is 2.90 bits per heavy atom. The maximum absolute atomic E-state index is 12.9. The summed E-state index contributed by atoms with van der Waals surface area (Å²) >= 11 is 0. The molecule has 0 amide bonds. The molecule has 2 aliphatic heterocycles. The molecule has 0 bridgehead atoms. The van der Waals surface area contributed by atoms with Gasteiger partial charge in [-0.3, -0.25) is 13.6 Å². The fourth-order valence-corrected chi connectivity index (χ4v) is 5.11. The number of anilines is 1. The molecule has 0 radical (unpaired) electrons. The van der Waals surface area contributed by atoms with Crippen LogP contribution in [0.2, 0.25) is 0 Å². The fraction of sp³-hybridized carbons (Fsp3) is 0.421. The molecule has 158 valence electrons. The van der Waals surface area contributed by atoms with Crippen molar-refractivity contribution in [1.82, 2.24) is 19.6 Å². The Morgan fingerprint density at radius 1 is 1.27 bits per heavy atom. The maximum atomic E-state index is 12.9. The number of aromatic nitrogens is 4. The summed E-state index contributed by atoms with van der Waals surface area (Å²) in [4.78, 5) is 8.85. The van der Waals surface area contributed by atoms with Crippen molar-refractivity contribution in [3.05, 3.63) is 53.5 Å². The first kappa shape index (κ1) is 19.6. The fourth-order valence-electron chi connectivity index (χ4n) is 3.72. The molecule has 1 aromatic carbocycles. The van der Waals surface area contributed by atoms with Crippen LogP contribution in [0, 0.1) is 6.92 Å². The highest BCUT2D eigenvalue weighted by molar-refractivity contribution is 7.48. The number of phosphoric acid groups is 1. The molecule has 2 aliphatic rings. The van der Waals surface area contributed by atoms with E-state index >= 15 is 0 Å². The zero-order chi connectivity index (χ0) is 20.7. The van der Waals surface area contributed by atoms with E-state index in [-0.39, 0.29) is 25.4 Å². The van der Waals surface area contributed by atoms with Gasteiger partial charge in [0.15, 0.2) is 5.65 Å². The molecule has 2 aromatic heterocycles. The first-order valence-corrected chi connectivity index (χ1v) is 11.2. The maximum Gasteiger partial charge on any atom is 0.475 e. The molecule has 1 N–H and O–H groups in total. The van der Waals surface area contributed by atoms with Crippen LogP contribution >= 0.6 is 7.82 Å². The lowest BCUT2D eigenvalue weighted by molar-refractivity contribution is -0.0593. The highest BCUT2D eigenvalue weighted by atomic mass is 31.2. The van der Waals surface area contributed by atoms with Crippen molar-refractivity contribution in [2.24, 2.45) is 0 Å². The third-order valence-electron chi connectivity index (χ3n) is 5.17. The van der Waals surface area contributed by atoms with Crippen molar-refractivity contribution in [3.63, 3.8) is 0 Å². The van der Waals surface area contributed by atoms with E-state index in [1.165, 1.54) is 0 Å². The minimum absolute atomic E-state index is 0.141. The van der Waals surface area contributed by atoms with E-state index in [2.05, 4.69) is 20.4 Å². The monoisotopic (exact) mass is 431 g/mol. The van der Waals surface area contributed by atoms with Gasteiger partial charge in [-0.1, -0.05) is 30.3 Å². The molecular formula is C19H22N5O5P. The third-order valence-corrected chi connectivity index (χ3v) is 6.61. The van der Waals surface area contributed by atoms with Crippen LogP contribution in [0.25, 0.3) is 5.65 Å². The Bertz CT molecular complexity index is 1110. The van der Waals surface area contributed by atoms with Gasteiger partial charge in [0.2, 0.25) is 5.95 Å². The number of aryl methyl sites for hydroxylation is 1. The molecule has 2 fully saturated rings. The highest BCUT2D eigenvalue weighted by Gasteiger charge is 2.48. The second kappa shape index (κ2) is 7.72. The largest absolute Gasteiger partial charge is 0.475 e. The van der Waals surface area contributed by atoms with Crippen LogP contribution in [-0.4, -0.2) is 45.4 Å². The van der Waals surface area contributed by atoms with Crippen LogP contribution < -0.4 is 5.32 Å². The number of hydrogen-bond acceptors (Lipinski definition) is 9. The number of nitrogens with one attached hydrogen (secondary N) is 1. The second-order valence-electron chi connectivity index (χ2n) is 7.22. The Morgan fingerprint density at radius 2 is 2.10 bits per heavy atom. The van der Waals surface area contributed by atoms with Gasteiger partial charge in [-0.25, -0.2) is 9.55 Å². The average Bonchev–Trinajstić information content (AvgIpc) is 3.35. The molecule has 5 rings (SSSR count). The molecular weight excluding hydrogens is 409 g/mol. The van der Waals surface area contributed by atoms with Gasteiger partial charge < -0.3 is 10.1 Å². The summed E-state index contributed by atoms with van der Waals surface area (Å²) in [6.45, 7) is 2.11. The van der Waals surface area contributed by atoms with Gasteiger partial charge in [-0.15, -0.1) is 0 Å². The predicted molar refractivity (Wildman–Crippen MR) is 107 cm³/mol. The lowest BCUT2D eigenvalue weighted by Crippen LogP contribution is -2.33. The number of nitrogens with zero attached hydrogens (tertiary/aromatic N) is 4. The molecule has 0 spiro atoms. The third kappa shape index (κ3) is 3.61. The number of benzene rings is 1. The minimum Gasteiger partial charge on any atom is -0.365 e. The van der Waals surface area contributed by atoms with Crippen molar-refractivity contribution in [1.29, 1.82) is 0 Å². The Hall–Kier alpha value is -2.36. The molecule has 11 heteroatoms. The van der Waals surface area contributed by atoms with Crippen molar-refractivity contribution >= 4 is 19.4 Å². The number of rotatable bonds is 5. The number of phosphoric ester groups is 1. The van der Waals surface area contributed by atoms with Crippen LogP contribution in [0.4, 0.5) is 5.95 Å². The van der Waals surface area contributed by atoms with Gasteiger partial charge in [0.25, 0.3) is 0 Å². The normalized spacial score (nSPS) is 28.5. The highest BCUT2D eigenvalue weighted by Crippen LogP contribution is 2.57. The Balaban J connectivity index is 1.32. The van der Waals surface area contributed by atoms with Gasteiger partial charge >= 0.3 is 7.82 Å². The van der Waals surface area contributed by atoms with E-state index in [9.17, 15) is 4.57 Å². The molecule has 3 aromatic rings. The summed E-state index contributed by atoms with van der Waals surface area (Å²) in [7, 11) is -1.88. The van der Waals surface area contributed by atoms with Crippen LogP contribution in [0.5, 0.6) is 0 Å². The van der Waals surface area contributed by atoms with Crippen molar-refractivity contribution in [3.8, 4) is 0 Å². The summed E-state index contributed by atoms with van der Waals surface area (Å²) < 4.78 is 37.4. The van der Waals surface area contributed by atoms with Gasteiger partial charge in [0, 0.05) is 19.0 Å². The summed E-state index contributed by atoms with van der Waals surface area (Å²) in [5.41, 5.74) is 2.39. The summed E-state index contributed by atoms with van der Waals surface area (Å²) in [5.74, 6) is 1.22. The van der Waals surface area contributed by atoms with Crippen LogP contribution in [0.15, 0.2) is 36.5 Å². The first-order chi connectivity index (χ1) is 14.5. The SMILES string of the molecule is CNc1nc(C)nc2c([C@H]3C[C@H]4OP(=O)(OCc5ccccc5)OC[C@H]4O3)cnn12. The molecule has 0 aliphatic carbocycles. The molecule has 2 saturated heterocycles. The quantitative estimate of drug-likeness (QED) is 0.610. The summed E-state index contributed by atoms with van der Waals surface area (Å²) in [6, 6.07) is 9.48. The van der Waals surface area contributed by atoms with E-state index in [1.54, 1.807) is 17.8 Å². The van der Waals surface area contributed by atoms with E-state index < -0.39 is 13.9 Å². The van der Waals surface area contributed by atoms with Crippen molar-refractivity contribution in [2.45, 2.75) is 38.3 Å². The van der Waals surface area contributed by atoms with Crippen molar-refractivity contribution in [2.75, 3.05) is 19.0 Å². The van der Waals surface area contributed by atoms with E-state index in [1.807, 2.05) is 37.3 Å². The smallest absolute Gasteiger partial charge is 0.365 e. The standard InChI is InChI=1S/C19H22N5O5P/c1-12-22-18-14(9-21-24(18)19(20-2)23-12)15-8-16-17(28-15)11-27-30(25,29-16)26-10-13-6-4-3-5-7-13/h3-7,9,15-17H,8,10-11H2,1-2H3,(H,20,22,23)/t15-,16-,17-,30?/m1/s1. The Labute approximate surface area is 173 Å². The van der Waals surface area contributed by atoms with Gasteiger partial charge in [0.05, 0.1) is 25.5 Å². The second-order valence-corrected chi connectivity index (χ2v) is 8.85. The Kier molecular flexibility index (Phi) is 5.04. The lowest BCUT2D eigenvalue weighted by Gasteiger charge is -2.29. The van der Waals surface area contributed by atoms with E-state index in [0.717, 1.165) is 11.1 Å². The lowest BCUT2D eigenvalue weighted by atomic mass is 10.1. The van der Waals surface area contributed by atoms with Crippen LogP contribution in [0.1, 0.15) is 29.5 Å². The molecule has 10 nitrogen and oxygen atoms in total. The molecule has 4 atom stereocenters. The first-order valence-electron chi connectivity index (χ1n) is 9.71. The van der Waals surface area contributed by atoms with E-state index in [4.69, 9.17) is 18.3 Å². The zero-order valence-electron chi connectivity index (χ0n) is 16.6. The number of fused-ring (bicyclic) bond motifs is 2. The molecule has 4 heterocycles. The van der Waals surface area contributed by atoms with Crippen LogP contribution in [0.3, 0.4) is 0 Å². The average molecular weight is 431 g/mol. The molecule has 1 unspecified atom stereocenters. The predicted octanol–water partition coefficient (Wildman–Crippen LogP) is 3.04. The summed E-state index contributed by atoms with van der Waals surface area (Å²) in [6.07, 6.45) is 1.19. The number of ether oxygens (including phenoxy) is 1.